The Morgan fingerprint density at radius 3 is 3.00 bits per heavy atom. The molecule has 3 heteroatoms. The van der Waals surface area contributed by atoms with E-state index in [2.05, 4.69) is 9.98 Å². The van der Waals surface area contributed by atoms with Crippen LogP contribution < -0.4 is 5.73 Å². The highest BCUT2D eigenvalue weighted by Crippen LogP contribution is 2.30. The van der Waals surface area contributed by atoms with Crippen LogP contribution in [0.5, 0.6) is 0 Å². The molecule has 1 heterocycles. The molecule has 1 aromatic heterocycles. The number of amidine groups is 1. The molecule has 0 unspecified atom stereocenters. The maximum absolute atomic E-state index is 5.80. The molecule has 3 nitrogen and oxygen atoms in total. The third-order valence-electron chi connectivity index (χ3n) is 2.26. The number of pyridine rings is 1. The van der Waals surface area contributed by atoms with Crippen LogP contribution in [0.25, 0.3) is 0 Å². The van der Waals surface area contributed by atoms with Gasteiger partial charge >= 0.3 is 0 Å². The average Bonchev–Trinajstić information content (AvgIpc) is 2.91. The first-order valence-corrected chi connectivity index (χ1v) is 4.52. The number of aliphatic imine (C=N–C) groups is 1. The molecule has 0 saturated heterocycles. The lowest BCUT2D eigenvalue weighted by molar-refractivity contribution is 1.14. The van der Waals surface area contributed by atoms with Gasteiger partial charge in [-0.25, -0.2) is 4.99 Å². The first-order valence-electron chi connectivity index (χ1n) is 4.52. The third-order valence-corrected chi connectivity index (χ3v) is 2.26. The van der Waals surface area contributed by atoms with Gasteiger partial charge in [-0.1, -0.05) is 0 Å². The summed E-state index contributed by atoms with van der Waals surface area (Å²) in [6.45, 7) is 2.01. The van der Waals surface area contributed by atoms with Crippen LogP contribution in [0, 0.1) is 12.8 Å². The zero-order chi connectivity index (χ0) is 9.26. The second-order valence-electron chi connectivity index (χ2n) is 3.47. The van der Waals surface area contributed by atoms with Crippen LogP contribution in [0.2, 0.25) is 0 Å². The molecule has 0 spiro atoms. The Labute approximate surface area is 77.7 Å². The lowest BCUT2D eigenvalue weighted by Gasteiger charge is -2.00. The Bertz CT molecular complexity index is 340. The third kappa shape index (κ3) is 1.86. The van der Waals surface area contributed by atoms with Crippen molar-refractivity contribution in [3.63, 3.8) is 0 Å². The molecular weight excluding hydrogens is 162 g/mol. The number of hydrogen-bond donors (Lipinski definition) is 1. The molecule has 2 rings (SSSR count). The number of rotatable bonds is 2. The van der Waals surface area contributed by atoms with E-state index in [0.717, 1.165) is 17.1 Å². The summed E-state index contributed by atoms with van der Waals surface area (Å²) in [5, 5.41) is 0. The number of aromatic nitrogens is 1. The highest BCUT2D eigenvalue weighted by Gasteiger charge is 2.25. The first-order chi connectivity index (χ1) is 6.27. The van der Waals surface area contributed by atoms with E-state index in [1.54, 1.807) is 12.4 Å². The molecule has 0 amide bonds. The summed E-state index contributed by atoms with van der Waals surface area (Å²) in [5.41, 5.74) is 7.82. The Kier molecular flexibility index (Phi) is 2.00. The monoisotopic (exact) mass is 175 g/mol. The van der Waals surface area contributed by atoms with E-state index >= 15 is 0 Å². The molecule has 0 aliphatic heterocycles. The van der Waals surface area contributed by atoms with Gasteiger partial charge in [0.15, 0.2) is 0 Å². The van der Waals surface area contributed by atoms with Gasteiger partial charge in [-0.3, -0.25) is 4.98 Å². The second kappa shape index (κ2) is 3.17. The van der Waals surface area contributed by atoms with Crippen LogP contribution in [0.15, 0.2) is 23.5 Å². The fourth-order valence-corrected chi connectivity index (χ4v) is 1.18. The van der Waals surface area contributed by atoms with Gasteiger partial charge in [0.1, 0.15) is 5.84 Å². The Morgan fingerprint density at radius 1 is 1.62 bits per heavy atom. The van der Waals surface area contributed by atoms with Crippen LogP contribution in [0.4, 0.5) is 5.69 Å². The Morgan fingerprint density at radius 2 is 2.38 bits per heavy atom. The predicted molar refractivity (Wildman–Crippen MR) is 53.0 cm³/mol. The van der Waals surface area contributed by atoms with Gasteiger partial charge in [-0.2, -0.15) is 0 Å². The lowest BCUT2D eigenvalue weighted by atomic mass is 10.2. The predicted octanol–water partition coefficient (Wildman–Crippen LogP) is 1.79. The minimum Gasteiger partial charge on any atom is -0.387 e. The minimum atomic E-state index is 0.527. The molecule has 0 radical (unpaired) electrons. The zero-order valence-electron chi connectivity index (χ0n) is 7.70. The van der Waals surface area contributed by atoms with Crippen molar-refractivity contribution in [2.24, 2.45) is 16.6 Å². The summed E-state index contributed by atoms with van der Waals surface area (Å²) in [6, 6.07) is 1.94. The fourth-order valence-electron chi connectivity index (χ4n) is 1.18. The van der Waals surface area contributed by atoms with Crippen LogP contribution in [-0.2, 0) is 0 Å². The van der Waals surface area contributed by atoms with Crippen molar-refractivity contribution >= 4 is 11.5 Å². The van der Waals surface area contributed by atoms with Crippen molar-refractivity contribution in [1.29, 1.82) is 0 Å². The Hall–Kier alpha value is -1.38. The van der Waals surface area contributed by atoms with Gasteiger partial charge < -0.3 is 5.73 Å². The highest BCUT2D eigenvalue weighted by molar-refractivity contribution is 5.87. The number of nitrogens with two attached hydrogens (primary N) is 1. The molecule has 1 aliphatic carbocycles. The maximum atomic E-state index is 5.80. The topological polar surface area (TPSA) is 51.3 Å². The summed E-state index contributed by atoms with van der Waals surface area (Å²) in [4.78, 5) is 8.37. The van der Waals surface area contributed by atoms with Crippen LogP contribution in [0.3, 0.4) is 0 Å². The molecule has 13 heavy (non-hydrogen) atoms. The van der Waals surface area contributed by atoms with Gasteiger partial charge in [-0.05, 0) is 31.4 Å². The molecule has 1 saturated carbocycles. The van der Waals surface area contributed by atoms with Gasteiger partial charge in [-0.15, -0.1) is 0 Å². The minimum absolute atomic E-state index is 0.527. The summed E-state index contributed by atoms with van der Waals surface area (Å²) < 4.78 is 0. The van der Waals surface area contributed by atoms with Gasteiger partial charge in [0.25, 0.3) is 0 Å². The van der Waals surface area contributed by atoms with Crippen molar-refractivity contribution in [2.75, 3.05) is 0 Å². The quantitative estimate of drug-likeness (QED) is 0.550. The first kappa shape index (κ1) is 8.23. The molecule has 1 aromatic rings. The van der Waals surface area contributed by atoms with Crippen molar-refractivity contribution in [1.82, 2.24) is 4.98 Å². The summed E-state index contributed by atoms with van der Waals surface area (Å²) >= 11 is 0. The largest absolute Gasteiger partial charge is 0.387 e. The van der Waals surface area contributed by atoms with Crippen LogP contribution in [0.1, 0.15) is 18.4 Å². The number of nitrogens with zero attached hydrogens (tertiary/aromatic N) is 2. The van der Waals surface area contributed by atoms with Crippen molar-refractivity contribution in [3.8, 4) is 0 Å². The van der Waals surface area contributed by atoms with E-state index in [1.165, 1.54) is 12.8 Å². The molecule has 0 atom stereocenters. The van der Waals surface area contributed by atoms with E-state index < -0.39 is 0 Å². The van der Waals surface area contributed by atoms with Crippen LogP contribution in [-0.4, -0.2) is 10.8 Å². The van der Waals surface area contributed by atoms with Crippen LogP contribution >= 0.6 is 0 Å². The number of aryl methyl sites for hydroxylation is 1. The molecule has 0 bridgehead atoms. The fraction of sp³-hybridized carbons (Fsp3) is 0.400. The standard InChI is InChI=1S/C10H13N3/c1-7-4-5-12-6-9(7)13-10(11)8-2-3-8/h4-6,8H,2-3H2,1H3,(H2,11,13). The molecule has 0 aromatic carbocycles. The van der Waals surface area contributed by atoms with Crippen molar-refractivity contribution in [2.45, 2.75) is 19.8 Å². The van der Waals surface area contributed by atoms with E-state index in [9.17, 15) is 0 Å². The normalized spacial score (nSPS) is 17.5. The van der Waals surface area contributed by atoms with E-state index in [0.29, 0.717) is 5.92 Å². The molecular formula is C10H13N3. The second-order valence-corrected chi connectivity index (χ2v) is 3.47. The van der Waals surface area contributed by atoms with Gasteiger partial charge in [0.05, 0.1) is 11.9 Å². The smallest absolute Gasteiger partial charge is 0.103 e. The lowest BCUT2D eigenvalue weighted by Crippen LogP contribution is -2.13. The molecule has 2 N–H and O–H groups in total. The highest BCUT2D eigenvalue weighted by atomic mass is 14.9. The van der Waals surface area contributed by atoms with Gasteiger partial charge in [0.2, 0.25) is 0 Å². The summed E-state index contributed by atoms with van der Waals surface area (Å²) in [7, 11) is 0. The van der Waals surface area contributed by atoms with Crippen molar-refractivity contribution < 1.29 is 0 Å². The zero-order valence-corrected chi connectivity index (χ0v) is 7.70. The van der Waals surface area contributed by atoms with E-state index in [-0.39, 0.29) is 0 Å². The molecule has 1 fully saturated rings. The SMILES string of the molecule is Cc1ccncc1N=C(N)C1CC1. The van der Waals surface area contributed by atoms with E-state index in [1.807, 2.05) is 13.0 Å². The Balaban J connectivity index is 2.25. The average molecular weight is 175 g/mol. The number of hydrogen-bond acceptors (Lipinski definition) is 2. The summed E-state index contributed by atoms with van der Waals surface area (Å²) in [5.74, 6) is 1.29. The van der Waals surface area contributed by atoms with Crippen molar-refractivity contribution in [3.05, 3.63) is 24.0 Å². The maximum Gasteiger partial charge on any atom is 0.103 e. The van der Waals surface area contributed by atoms with Gasteiger partial charge in [0, 0.05) is 12.1 Å². The molecule has 1 aliphatic rings. The van der Waals surface area contributed by atoms with E-state index in [4.69, 9.17) is 5.73 Å². The molecule has 68 valence electrons. The summed E-state index contributed by atoms with van der Waals surface area (Å²) in [6.07, 6.45) is 5.90.